The van der Waals surface area contributed by atoms with E-state index in [0.29, 0.717) is 0 Å². The summed E-state index contributed by atoms with van der Waals surface area (Å²) in [4.78, 5) is 36.1. The Morgan fingerprint density at radius 2 is 1.58 bits per heavy atom. The van der Waals surface area contributed by atoms with Gasteiger partial charge in [-0.2, -0.15) is 0 Å². The minimum Gasteiger partial charge on any atom is -0.481 e. The first kappa shape index (κ1) is 22.8. The molecule has 4 rings (SSSR count). The van der Waals surface area contributed by atoms with Crippen molar-refractivity contribution >= 4 is 18.0 Å². The number of carbonyl (C=O) groups excluding carboxylic acids is 2. The molecule has 0 bridgehead atoms. The molecule has 0 aliphatic heterocycles. The molecule has 2 amide bonds. The zero-order chi connectivity index (χ0) is 23.4. The molecule has 7 nitrogen and oxygen atoms in total. The van der Waals surface area contributed by atoms with E-state index in [9.17, 15) is 19.5 Å². The Bertz CT molecular complexity index is 987. The fourth-order valence-electron chi connectivity index (χ4n) is 4.66. The number of rotatable bonds is 9. The molecule has 33 heavy (non-hydrogen) atoms. The largest absolute Gasteiger partial charge is 0.481 e. The van der Waals surface area contributed by atoms with Crippen molar-refractivity contribution in [2.75, 3.05) is 19.7 Å². The first-order chi connectivity index (χ1) is 16.0. The van der Waals surface area contributed by atoms with Gasteiger partial charge in [-0.05, 0) is 41.0 Å². The number of fused-ring (bicyclic) bond motifs is 3. The van der Waals surface area contributed by atoms with Gasteiger partial charge in [-0.3, -0.25) is 9.59 Å². The molecular formula is C26H30N2O5. The van der Waals surface area contributed by atoms with Crippen LogP contribution in [0.3, 0.4) is 0 Å². The van der Waals surface area contributed by atoms with Crippen molar-refractivity contribution < 1.29 is 24.2 Å². The first-order valence-electron chi connectivity index (χ1n) is 11.5. The molecule has 2 aliphatic carbocycles. The summed E-state index contributed by atoms with van der Waals surface area (Å²) in [5, 5.41) is 14.8. The van der Waals surface area contributed by atoms with Crippen molar-refractivity contribution in [3.05, 3.63) is 59.7 Å². The number of nitrogens with one attached hydrogen (secondary N) is 2. The van der Waals surface area contributed by atoms with Gasteiger partial charge in [0.25, 0.3) is 0 Å². The highest BCUT2D eigenvalue weighted by atomic mass is 16.5. The summed E-state index contributed by atoms with van der Waals surface area (Å²) in [7, 11) is 0. The van der Waals surface area contributed by atoms with E-state index in [1.807, 2.05) is 24.3 Å². The molecule has 7 heteroatoms. The summed E-state index contributed by atoms with van der Waals surface area (Å²) in [5.41, 5.74) is 4.60. The predicted octanol–water partition coefficient (Wildman–Crippen LogP) is 3.78. The second kappa shape index (κ2) is 10.1. The van der Waals surface area contributed by atoms with Crippen LogP contribution in [0, 0.1) is 17.8 Å². The minimum absolute atomic E-state index is 0.0247. The third-order valence-corrected chi connectivity index (χ3v) is 6.88. The molecule has 2 unspecified atom stereocenters. The Hall–Kier alpha value is -3.35. The van der Waals surface area contributed by atoms with E-state index in [1.165, 1.54) is 0 Å². The lowest BCUT2D eigenvalue weighted by atomic mass is 9.76. The highest BCUT2D eigenvalue weighted by Crippen LogP contribution is 2.44. The number of aliphatic carboxylic acids is 1. The van der Waals surface area contributed by atoms with Crippen LogP contribution >= 0.6 is 0 Å². The standard InChI is InChI=1S/C26H30N2O5/c1-16(24(29)27-14-22(25(30)31)17-7-6-8-17)13-28-26(32)33-15-23-20-11-4-2-9-18(20)19-10-3-5-12-21(19)23/h2-5,9-12,16-17,22-23H,6-8,13-15H2,1H3,(H,27,29)(H,28,32)(H,30,31). The maximum atomic E-state index is 12.4. The van der Waals surface area contributed by atoms with Crippen molar-refractivity contribution in [3.63, 3.8) is 0 Å². The lowest BCUT2D eigenvalue weighted by molar-refractivity contribution is -0.145. The topological polar surface area (TPSA) is 105 Å². The Labute approximate surface area is 193 Å². The van der Waals surface area contributed by atoms with E-state index in [2.05, 4.69) is 34.9 Å². The predicted molar refractivity (Wildman–Crippen MR) is 124 cm³/mol. The number of carboxylic acids is 1. The van der Waals surface area contributed by atoms with Crippen LogP contribution < -0.4 is 10.6 Å². The quantitative estimate of drug-likeness (QED) is 0.539. The van der Waals surface area contributed by atoms with Crippen molar-refractivity contribution in [1.82, 2.24) is 10.6 Å². The van der Waals surface area contributed by atoms with Gasteiger partial charge in [0.2, 0.25) is 5.91 Å². The molecule has 1 fully saturated rings. The molecule has 0 heterocycles. The molecule has 2 aliphatic rings. The second-order valence-corrected chi connectivity index (χ2v) is 8.99. The van der Waals surface area contributed by atoms with E-state index in [1.54, 1.807) is 6.92 Å². The Kier molecular flexibility index (Phi) is 6.96. The number of carbonyl (C=O) groups is 3. The number of alkyl carbamates (subject to hydrolysis) is 1. The van der Waals surface area contributed by atoms with Crippen molar-refractivity contribution in [2.24, 2.45) is 17.8 Å². The molecule has 0 aromatic heterocycles. The smallest absolute Gasteiger partial charge is 0.407 e. The number of hydrogen-bond donors (Lipinski definition) is 3. The van der Waals surface area contributed by atoms with Gasteiger partial charge in [-0.25, -0.2) is 4.79 Å². The van der Waals surface area contributed by atoms with Gasteiger partial charge in [-0.1, -0.05) is 61.9 Å². The van der Waals surface area contributed by atoms with Crippen molar-refractivity contribution in [2.45, 2.75) is 32.1 Å². The van der Waals surface area contributed by atoms with Crippen LogP contribution in [0.15, 0.2) is 48.5 Å². The fourth-order valence-corrected chi connectivity index (χ4v) is 4.66. The average Bonchev–Trinajstić information content (AvgIpc) is 3.10. The number of amides is 2. The van der Waals surface area contributed by atoms with Gasteiger partial charge in [0.1, 0.15) is 6.61 Å². The molecule has 0 saturated heterocycles. The van der Waals surface area contributed by atoms with Gasteiger partial charge in [0, 0.05) is 19.0 Å². The Morgan fingerprint density at radius 3 is 2.12 bits per heavy atom. The van der Waals surface area contributed by atoms with E-state index in [-0.39, 0.29) is 37.4 Å². The summed E-state index contributed by atoms with van der Waals surface area (Å²) in [6.07, 6.45) is 2.26. The maximum Gasteiger partial charge on any atom is 0.407 e. The number of hydrogen-bond acceptors (Lipinski definition) is 4. The summed E-state index contributed by atoms with van der Waals surface area (Å²) in [6.45, 7) is 2.14. The van der Waals surface area contributed by atoms with Crippen molar-refractivity contribution in [1.29, 1.82) is 0 Å². The van der Waals surface area contributed by atoms with Crippen LogP contribution in [0.4, 0.5) is 4.79 Å². The molecule has 174 valence electrons. The summed E-state index contributed by atoms with van der Waals surface area (Å²) < 4.78 is 5.49. The van der Waals surface area contributed by atoms with Crippen molar-refractivity contribution in [3.8, 4) is 11.1 Å². The van der Waals surface area contributed by atoms with Gasteiger partial charge in [-0.15, -0.1) is 0 Å². The third kappa shape index (κ3) is 5.02. The van der Waals surface area contributed by atoms with Gasteiger partial charge >= 0.3 is 12.1 Å². The average molecular weight is 451 g/mol. The summed E-state index contributed by atoms with van der Waals surface area (Å²) in [6, 6.07) is 16.2. The highest BCUT2D eigenvalue weighted by Gasteiger charge is 2.33. The zero-order valence-electron chi connectivity index (χ0n) is 18.8. The summed E-state index contributed by atoms with van der Waals surface area (Å²) >= 11 is 0. The molecule has 3 N–H and O–H groups in total. The van der Waals surface area contributed by atoms with E-state index in [0.717, 1.165) is 41.5 Å². The maximum absolute atomic E-state index is 12.4. The number of benzene rings is 2. The second-order valence-electron chi connectivity index (χ2n) is 8.99. The van der Waals surface area contributed by atoms with Crippen LogP contribution in [0.5, 0.6) is 0 Å². The molecule has 2 aromatic carbocycles. The lowest BCUT2D eigenvalue weighted by Crippen LogP contribution is -2.43. The Morgan fingerprint density at radius 1 is 0.970 bits per heavy atom. The lowest BCUT2D eigenvalue weighted by Gasteiger charge is -2.31. The molecule has 0 spiro atoms. The zero-order valence-corrected chi connectivity index (χ0v) is 18.8. The molecule has 1 saturated carbocycles. The van der Waals surface area contributed by atoms with E-state index >= 15 is 0 Å². The number of ether oxygens (including phenoxy) is 1. The van der Waals surface area contributed by atoms with E-state index < -0.39 is 23.9 Å². The van der Waals surface area contributed by atoms with Crippen LogP contribution in [-0.4, -0.2) is 42.8 Å². The summed E-state index contributed by atoms with van der Waals surface area (Å²) in [5.74, 6) is -2.09. The van der Waals surface area contributed by atoms with E-state index in [4.69, 9.17) is 4.74 Å². The van der Waals surface area contributed by atoms with Gasteiger partial charge in [0.15, 0.2) is 0 Å². The van der Waals surface area contributed by atoms with Gasteiger partial charge in [0.05, 0.1) is 11.8 Å². The third-order valence-electron chi connectivity index (χ3n) is 6.88. The van der Waals surface area contributed by atoms with Crippen LogP contribution in [-0.2, 0) is 14.3 Å². The Balaban J connectivity index is 1.24. The normalized spacial score (nSPS) is 16.6. The molecular weight excluding hydrogens is 420 g/mol. The molecule has 0 radical (unpaired) electrons. The van der Waals surface area contributed by atoms with Crippen LogP contribution in [0.2, 0.25) is 0 Å². The SMILES string of the molecule is CC(CNC(=O)OCC1c2ccccc2-c2ccccc21)C(=O)NCC(C(=O)O)C1CCC1. The van der Waals surface area contributed by atoms with Crippen LogP contribution in [0.1, 0.15) is 43.2 Å². The van der Waals surface area contributed by atoms with Crippen LogP contribution in [0.25, 0.3) is 11.1 Å². The molecule has 2 atom stereocenters. The number of carboxylic acid groups (broad SMARTS) is 1. The minimum atomic E-state index is -0.871. The first-order valence-corrected chi connectivity index (χ1v) is 11.5. The molecule has 2 aromatic rings. The fraction of sp³-hybridized carbons (Fsp3) is 0.423. The monoisotopic (exact) mass is 450 g/mol. The highest BCUT2D eigenvalue weighted by molar-refractivity contribution is 5.81. The van der Waals surface area contributed by atoms with Gasteiger partial charge < -0.3 is 20.5 Å².